The highest BCUT2D eigenvalue weighted by Crippen LogP contribution is 2.55. The van der Waals surface area contributed by atoms with E-state index in [9.17, 15) is 9.59 Å². The minimum atomic E-state index is -1.14. The monoisotopic (exact) mass is 489 g/mol. The fraction of sp³-hybridized carbons (Fsp3) is 0.259. The number of methoxy groups -OCH3 is 2. The van der Waals surface area contributed by atoms with Gasteiger partial charge in [-0.1, -0.05) is 42.5 Å². The molecule has 0 radical (unpaired) electrons. The first-order chi connectivity index (χ1) is 17.1. The zero-order valence-electron chi connectivity index (χ0n) is 19.7. The SMILES string of the molecule is COc1cccc(CN2C(=O)[C@@]3(SCCN3C(=O)NCc3ccccc3)c3cc(OC)ccc32)c1. The van der Waals surface area contributed by atoms with Gasteiger partial charge in [0.15, 0.2) is 4.87 Å². The van der Waals surface area contributed by atoms with Crippen LogP contribution in [0, 0.1) is 0 Å². The van der Waals surface area contributed by atoms with Crippen molar-refractivity contribution >= 4 is 29.4 Å². The van der Waals surface area contributed by atoms with Crippen molar-refractivity contribution in [2.75, 3.05) is 31.4 Å². The Balaban J connectivity index is 1.49. The average molecular weight is 490 g/mol. The fourth-order valence-corrected chi connectivity index (χ4v) is 6.15. The van der Waals surface area contributed by atoms with Gasteiger partial charge >= 0.3 is 6.03 Å². The third kappa shape index (κ3) is 4.08. The molecule has 1 fully saturated rings. The highest BCUT2D eigenvalue weighted by molar-refractivity contribution is 8.01. The Labute approximate surface area is 209 Å². The number of carbonyl (C=O) groups excluding carboxylic acids is 2. The van der Waals surface area contributed by atoms with E-state index in [0.29, 0.717) is 31.1 Å². The molecule has 35 heavy (non-hydrogen) atoms. The lowest BCUT2D eigenvalue weighted by Crippen LogP contribution is -2.53. The standard InChI is InChI=1S/C27H27N3O4S/c1-33-21-10-6-9-20(15-21)18-29-24-12-11-22(34-2)16-23(24)27(25(29)31)30(13-14-35-27)26(32)28-17-19-7-4-3-5-8-19/h3-12,15-16H,13-14,17-18H2,1-2H3,(H,28,32)/t27-/m0/s1. The van der Waals surface area contributed by atoms with Gasteiger partial charge in [-0.2, -0.15) is 0 Å². The van der Waals surface area contributed by atoms with Crippen molar-refractivity contribution in [2.45, 2.75) is 18.0 Å². The molecular formula is C27H27N3O4S. The van der Waals surface area contributed by atoms with Crippen molar-refractivity contribution in [3.05, 3.63) is 89.5 Å². The normalized spacial score (nSPS) is 18.6. The molecule has 3 amide bonds. The lowest BCUT2D eigenvalue weighted by molar-refractivity contribution is -0.123. The van der Waals surface area contributed by atoms with Crippen LogP contribution >= 0.6 is 11.8 Å². The Morgan fingerprint density at radius 1 is 0.971 bits per heavy atom. The van der Waals surface area contributed by atoms with Gasteiger partial charge in [-0.25, -0.2) is 4.79 Å². The van der Waals surface area contributed by atoms with Crippen LogP contribution in [-0.2, 0) is 22.8 Å². The van der Waals surface area contributed by atoms with Crippen LogP contribution in [0.25, 0.3) is 0 Å². The molecule has 1 saturated heterocycles. The van der Waals surface area contributed by atoms with Crippen LogP contribution in [0.4, 0.5) is 10.5 Å². The van der Waals surface area contributed by atoms with Gasteiger partial charge in [-0.15, -0.1) is 11.8 Å². The van der Waals surface area contributed by atoms with Crippen LogP contribution in [0.15, 0.2) is 72.8 Å². The maximum Gasteiger partial charge on any atom is 0.319 e. The smallest absolute Gasteiger partial charge is 0.319 e. The molecule has 0 bridgehead atoms. The van der Waals surface area contributed by atoms with Crippen LogP contribution in [0.3, 0.4) is 0 Å². The van der Waals surface area contributed by atoms with Crippen molar-refractivity contribution in [1.82, 2.24) is 10.2 Å². The molecular weight excluding hydrogens is 462 g/mol. The molecule has 180 valence electrons. The van der Waals surface area contributed by atoms with Gasteiger partial charge in [0.1, 0.15) is 11.5 Å². The van der Waals surface area contributed by atoms with Crippen molar-refractivity contribution < 1.29 is 19.1 Å². The summed E-state index contributed by atoms with van der Waals surface area (Å²) < 4.78 is 10.9. The topological polar surface area (TPSA) is 71.1 Å². The van der Waals surface area contributed by atoms with Crippen molar-refractivity contribution in [3.63, 3.8) is 0 Å². The molecule has 1 spiro atoms. The van der Waals surface area contributed by atoms with Crippen LogP contribution in [0.2, 0.25) is 0 Å². The molecule has 3 aromatic carbocycles. The molecule has 2 aliphatic rings. The number of nitrogens with one attached hydrogen (secondary N) is 1. The highest BCUT2D eigenvalue weighted by Gasteiger charge is 2.59. The number of carbonyl (C=O) groups is 2. The minimum absolute atomic E-state index is 0.124. The number of benzene rings is 3. The van der Waals surface area contributed by atoms with E-state index in [1.807, 2.05) is 72.8 Å². The summed E-state index contributed by atoms with van der Waals surface area (Å²) in [7, 11) is 3.23. The Morgan fingerprint density at radius 3 is 2.49 bits per heavy atom. The Bertz CT molecular complexity index is 1250. The van der Waals surface area contributed by atoms with E-state index in [1.165, 1.54) is 11.8 Å². The number of rotatable bonds is 6. The number of thioether (sulfide) groups is 1. The molecule has 8 heteroatoms. The lowest BCUT2D eigenvalue weighted by atomic mass is 10.1. The zero-order valence-corrected chi connectivity index (χ0v) is 20.5. The maximum absolute atomic E-state index is 14.1. The molecule has 0 saturated carbocycles. The number of hydrogen-bond acceptors (Lipinski definition) is 5. The molecule has 1 atom stereocenters. The highest BCUT2D eigenvalue weighted by atomic mass is 32.2. The summed E-state index contributed by atoms with van der Waals surface area (Å²) in [6, 6.07) is 22.8. The average Bonchev–Trinajstić information content (AvgIpc) is 3.45. The van der Waals surface area contributed by atoms with Crippen LogP contribution in [0.1, 0.15) is 16.7 Å². The van der Waals surface area contributed by atoms with Gasteiger partial charge in [0.05, 0.1) is 26.5 Å². The quantitative estimate of drug-likeness (QED) is 0.557. The molecule has 0 aromatic heterocycles. The predicted molar refractivity (Wildman–Crippen MR) is 137 cm³/mol. The van der Waals surface area contributed by atoms with Crippen LogP contribution in [-0.4, -0.2) is 43.4 Å². The molecule has 5 rings (SSSR count). The van der Waals surface area contributed by atoms with Crippen LogP contribution < -0.4 is 19.7 Å². The first kappa shape index (κ1) is 23.1. The Morgan fingerprint density at radius 2 is 1.71 bits per heavy atom. The second kappa shape index (κ2) is 9.54. The fourth-order valence-electron chi connectivity index (χ4n) is 4.70. The molecule has 2 aliphatic heterocycles. The second-order valence-corrected chi connectivity index (χ2v) is 9.70. The molecule has 0 unspecified atom stereocenters. The molecule has 2 heterocycles. The Kier molecular flexibility index (Phi) is 6.30. The third-order valence-electron chi connectivity index (χ3n) is 6.41. The first-order valence-corrected chi connectivity index (χ1v) is 12.4. The number of hydrogen-bond donors (Lipinski definition) is 1. The molecule has 3 aromatic rings. The molecule has 7 nitrogen and oxygen atoms in total. The van der Waals surface area contributed by atoms with Crippen LogP contribution in [0.5, 0.6) is 11.5 Å². The van der Waals surface area contributed by atoms with E-state index in [0.717, 1.165) is 28.1 Å². The summed E-state index contributed by atoms with van der Waals surface area (Å²) in [4.78, 5) is 29.9. The number of anilines is 1. The Hall–Kier alpha value is -3.65. The van der Waals surface area contributed by atoms with Gasteiger partial charge in [0.2, 0.25) is 0 Å². The van der Waals surface area contributed by atoms with Gasteiger partial charge in [0, 0.05) is 24.4 Å². The zero-order chi connectivity index (χ0) is 24.4. The summed E-state index contributed by atoms with van der Waals surface area (Å²) in [6.07, 6.45) is 0. The van der Waals surface area contributed by atoms with E-state index >= 15 is 0 Å². The maximum atomic E-state index is 14.1. The summed E-state index contributed by atoms with van der Waals surface area (Å²) >= 11 is 1.50. The van der Waals surface area contributed by atoms with E-state index in [4.69, 9.17) is 9.47 Å². The number of nitrogens with zero attached hydrogens (tertiary/aromatic N) is 2. The summed E-state index contributed by atoms with van der Waals surface area (Å²) in [5.41, 5.74) is 3.51. The summed E-state index contributed by atoms with van der Waals surface area (Å²) in [5.74, 6) is 1.92. The van der Waals surface area contributed by atoms with Crippen molar-refractivity contribution in [1.29, 1.82) is 0 Å². The summed E-state index contributed by atoms with van der Waals surface area (Å²) in [5, 5.41) is 3.01. The lowest BCUT2D eigenvalue weighted by Gasteiger charge is -2.33. The molecule has 1 N–H and O–H groups in total. The largest absolute Gasteiger partial charge is 0.497 e. The van der Waals surface area contributed by atoms with Gasteiger partial charge in [-0.3, -0.25) is 9.69 Å². The number of ether oxygens (including phenoxy) is 2. The number of amides is 3. The van der Waals surface area contributed by atoms with Gasteiger partial charge in [0.25, 0.3) is 5.91 Å². The molecule has 0 aliphatic carbocycles. The van der Waals surface area contributed by atoms with E-state index in [1.54, 1.807) is 24.0 Å². The van der Waals surface area contributed by atoms with Gasteiger partial charge in [-0.05, 0) is 41.5 Å². The number of fused-ring (bicyclic) bond motifs is 2. The van der Waals surface area contributed by atoms with Crippen molar-refractivity contribution in [2.24, 2.45) is 0 Å². The van der Waals surface area contributed by atoms with E-state index in [2.05, 4.69) is 5.32 Å². The third-order valence-corrected chi connectivity index (χ3v) is 7.83. The predicted octanol–water partition coefficient (Wildman–Crippen LogP) is 4.36. The van der Waals surface area contributed by atoms with Crippen molar-refractivity contribution in [3.8, 4) is 11.5 Å². The first-order valence-electron chi connectivity index (χ1n) is 11.4. The number of urea groups is 1. The second-order valence-electron chi connectivity index (χ2n) is 8.41. The summed E-state index contributed by atoms with van der Waals surface area (Å²) in [6.45, 7) is 1.24. The van der Waals surface area contributed by atoms with E-state index in [-0.39, 0.29) is 11.9 Å². The van der Waals surface area contributed by atoms with Gasteiger partial charge < -0.3 is 19.7 Å². The minimum Gasteiger partial charge on any atom is -0.497 e. The van der Waals surface area contributed by atoms with E-state index < -0.39 is 4.87 Å².